The summed E-state index contributed by atoms with van der Waals surface area (Å²) in [5.41, 5.74) is -0.737. The van der Waals surface area contributed by atoms with E-state index in [4.69, 9.17) is 19.7 Å². The van der Waals surface area contributed by atoms with Gasteiger partial charge in [-0.2, -0.15) is 0 Å². The van der Waals surface area contributed by atoms with Gasteiger partial charge in [0, 0.05) is 19.2 Å². The first-order chi connectivity index (χ1) is 11.5. The van der Waals surface area contributed by atoms with Gasteiger partial charge in [-0.1, -0.05) is 0 Å². The lowest BCUT2D eigenvalue weighted by Gasteiger charge is -2.26. The lowest BCUT2D eigenvalue weighted by molar-refractivity contribution is -0.138. The van der Waals surface area contributed by atoms with Gasteiger partial charge >= 0.3 is 18.0 Å². The van der Waals surface area contributed by atoms with Gasteiger partial charge in [-0.15, -0.1) is 11.3 Å². The van der Waals surface area contributed by atoms with Crippen molar-refractivity contribution in [3.05, 3.63) is 10.9 Å². The maximum absolute atomic E-state index is 12.0. The van der Waals surface area contributed by atoms with Gasteiger partial charge in [-0.3, -0.25) is 9.69 Å². The highest BCUT2D eigenvalue weighted by molar-refractivity contribution is 7.18. The number of thiophene rings is 1. The number of carboxylic acid groups (broad SMARTS) is 2. The van der Waals surface area contributed by atoms with Gasteiger partial charge in [0.25, 0.3) is 0 Å². The number of aliphatic carboxylic acids is 1. The third kappa shape index (κ3) is 6.87. The van der Waals surface area contributed by atoms with Crippen molar-refractivity contribution in [3.63, 3.8) is 0 Å². The monoisotopic (exact) mass is 374 g/mol. The first-order valence-electron chi connectivity index (χ1n) is 7.38. The van der Waals surface area contributed by atoms with Crippen molar-refractivity contribution in [1.82, 2.24) is 4.90 Å². The van der Waals surface area contributed by atoms with Crippen molar-refractivity contribution < 1.29 is 34.1 Å². The van der Waals surface area contributed by atoms with Crippen LogP contribution in [-0.4, -0.2) is 65.5 Å². The van der Waals surface area contributed by atoms with E-state index in [1.54, 1.807) is 20.8 Å². The van der Waals surface area contributed by atoms with Crippen molar-refractivity contribution >= 4 is 34.4 Å². The van der Waals surface area contributed by atoms with Gasteiger partial charge < -0.3 is 25.0 Å². The standard InChI is InChI=1S/C15H22N2O7S/c1-15(2,3)24-14(22)17(8-11(18)19)6-5-16-10-7-9(23-4)12(25-10)13(20)21/h7,16H,5-6,8H2,1-4H3,(H,18,19)(H,20,21). The molecule has 0 aromatic carbocycles. The molecular formula is C15H22N2O7S. The summed E-state index contributed by atoms with van der Waals surface area (Å²) in [5.74, 6) is -2.03. The van der Waals surface area contributed by atoms with Crippen LogP contribution in [-0.2, 0) is 9.53 Å². The number of carbonyl (C=O) groups is 3. The van der Waals surface area contributed by atoms with Crippen LogP contribution in [0.3, 0.4) is 0 Å². The minimum atomic E-state index is -1.16. The summed E-state index contributed by atoms with van der Waals surface area (Å²) in [5, 5.41) is 21.5. The minimum Gasteiger partial charge on any atom is -0.495 e. The van der Waals surface area contributed by atoms with E-state index in [1.165, 1.54) is 13.2 Å². The number of methoxy groups -OCH3 is 1. The molecule has 3 N–H and O–H groups in total. The van der Waals surface area contributed by atoms with Crippen molar-refractivity contribution in [1.29, 1.82) is 0 Å². The Balaban J connectivity index is 2.69. The van der Waals surface area contributed by atoms with E-state index in [2.05, 4.69) is 5.32 Å². The maximum Gasteiger partial charge on any atom is 0.410 e. The number of carbonyl (C=O) groups excluding carboxylic acids is 1. The Kier molecular flexibility index (Phi) is 7.04. The number of hydrogen-bond acceptors (Lipinski definition) is 7. The summed E-state index contributed by atoms with van der Waals surface area (Å²) in [4.78, 5) is 35.2. The minimum absolute atomic E-state index is 0.0551. The molecular weight excluding hydrogens is 352 g/mol. The molecule has 0 radical (unpaired) electrons. The SMILES string of the molecule is COc1cc(NCCN(CC(=O)O)C(=O)OC(C)(C)C)sc1C(=O)O. The highest BCUT2D eigenvalue weighted by Gasteiger charge is 2.24. The first-order valence-corrected chi connectivity index (χ1v) is 8.20. The zero-order chi connectivity index (χ0) is 19.2. The number of aromatic carboxylic acids is 1. The molecule has 0 aliphatic heterocycles. The van der Waals surface area contributed by atoms with Crippen LogP contribution < -0.4 is 10.1 Å². The zero-order valence-electron chi connectivity index (χ0n) is 14.5. The number of anilines is 1. The topological polar surface area (TPSA) is 125 Å². The van der Waals surface area contributed by atoms with E-state index < -0.39 is 30.2 Å². The van der Waals surface area contributed by atoms with E-state index in [0.29, 0.717) is 5.00 Å². The van der Waals surface area contributed by atoms with Crippen LogP contribution in [0, 0.1) is 0 Å². The summed E-state index contributed by atoms with van der Waals surface area (Å²) < 4.78 is 10.2. The number of carboxylic acids is 2. The number of rotatable bonds is 8. The number of hydrogen-bond donors (Lipinski definition) is 3. The Labute approximate surface area is 149 Å². The molecule has 0 fully saturated rings. The maximum atomic E-state index is 12.0. The van der Waals surface area contributed by atoms with Crippen molar-refractivity contribution in [2.75, 3.05) is 32.1 Å². The molecule has 140 valence electrons. The lowest BCUT2D eigenvalue weighted by Crippen LogP contribution is -2.42. The molecule has 1 heterocycles. The molecule has 10 heteroatoms. The summed E-state index contributed by atoms with van der Waals surface area (Å²) in [7, 11) is 1.37. The van der Waals surface area contributed by atoms with Crippen molar-refractivity contribution in [3.8, 4) is 5.75 Å². The van der Waals surface area contributed by atoms with E-state index in [0.717, 1.165) is 16.2 Å². The molecule has 0 unspecified atom stereocenters. The highest BCUT2D eigenvalue weighted by atomic mass is 32.1. The molecule has 1 aromatic rings. The van der Waals surface area contributed by atoms with Crippen LogP contribution in [0.15, 0.2) is 6.07 Å². The fourth-order valence-corrected chi connectivity index (χ4v) is 2.69. The summed E-state index contributed by atoms with van der Waals surface area (Å²) in [6.45, 7) is 4.86. The molecule has 1 amide bonds. The Morgan fingerprint density at radius 2 is 1.92 bits per heavy atom. The predicted molar refractivity (Wildman–Crippen MR) is 91.8 cm³/mol. The van der Waals surface area contributed by atoms with Crippen molar-refractivity contribution in [2.45, 2.75) is 26.4 Å². The average Bonchev–Trinajstić information content (AvgIpc) is 2.87. The largest absolute Gasteiger partial charge is 0.495 e. The Bertz CT molecular complexity index is 636. The van der Waals surface area contributed by atoms with Gasteiger partial charge in [0.05, 0.1) is 12.1 Å². The van der Waals surface area contributed by atoms with Gasteiger partial charge in [-0.25, -0.2) is 9.59 Å². The second-order valence-electron chi connectivity index (χ2n) is 6.04. The molecule has 0 spiro atoms. The molecule has 0 saturated carbocycles. The Hall–Kier alpha value is -2.49. The fourth-order valence-electron chi connectivity index (χ4n) is 1.80. The smallest absolute Gasteiger partial charge is 0.410 e. The molecule has 25 heavy (non-hydrogen) atoms. The van der Waals surface area contributed by atoms with Crippen LogP contribution in [0.4, 0.5) is 9.80 Å². The van der Waals surface area contributed by atoms with Gasteiger partial charge in [0.15, 0.2) is 4.88 Å². The molecule has 0 bridgehead atoms. The number of nitrogens with one attached hydrogen (secondary N) is 1. The molecule has 9 nitrogen and oxygen atoms in total. The van der Waals surface area contributed by atoms with Crippen LogP contribution in [0.1, 0.15) is 30.4 Å². The molecule has 0 saturated heterocycles. The third-order valence-electron chi connectivity index (χ3n) is 2.77. The quantitative estimate of drug-likeness (QED) is 0.632. The van der Waals surface area contributed by atoms with Gasteiger partial charge in [0.2, 0.25) is 0 Å². The molecule has 1 rings (SSSR count). The Morgan fingerprint density at radius 3 is 2.36 bits per heavy atom. The normalized spacial score (nSPS) is 10.9. The third-order valence-corrected chi connectivity index (χ3v) is 3.83. The molecule has 0 aliphatic carbocycles. The predicted octanol–water partition coefficient (Wildman–Crippen LogP) is 2.19. The fraction of sp³-hybridized carbons (Fsp3) is 0.533. The summed E-state index contributed by atoms with van der Waals surface area (Å²) in [6, 6.07) is 1.53. The van der Waals surface area contributed by atoms with Gasteiger partial charge in [-0.05, 0) is 20.8 Å². The Morgan fingerprint density at radius 1 is 1.28 bits per heavy atom. The summed E-state index contributed by atoms with van der Waals surface area (Å²) in [6.07, 6.45) is -0.730. The van der Waals surface area contributed by atoms with E-state index in [-0.39, 0.29) is 23.7 Å². The van der Waals surface area contributed by atoms with Crippen LogP contribution >= 0.6 is 11.3 Å². The lowest BCUT2D eigenvalue weighted by atomic mass is 10.2. The molecule has 1 aromatic heterocycles. The van der Waals surface area contributed by atoms with Gasteiger partial charge in [0.1, 0.15) is 17.9 Å². The number of ether oxygens (including phenoxy) is 2. The van der Waals surface area contributed by atoms with E-state index in [9.17, 15) is 14.4 Å². The first kappa shape index (κ1) is 20.6. The number of nitrogens with zero attached hydrogens (tertiary/aromatic N) is 1. The van der Waals surface area contributed by atoms with E-state index >= 15 is 0 Å². The second kappa shape index (κ2) is 8.56. The van der Waals surface area contributed by atoms with Crippen molar-refractivity contribution in [2.24, 2.45) is 0 Å². The van der Waals surface area contributed by atoms with Crippen LogP contribution in [0.25, 0.3) is 0 Å². The van der Waals surface area contributed by atoms with E-state index in [1.807, 2.05) is 0 Å². The van der Waals surface area contributed by atoms with Crippen LogP contribution in [0.5, 0.6) is 5.75 Å². The molecule has 0 atom stereocenters. The highest BCUT2D eigenvalue weighted by Crippen LogP contribution is 2.32. The van der Waals surface area contributed by atoms with Crippen LogP contribution in [0.2, 0.25) is 0 Å². The second-order valence-corrected chi connectivity index (χ2v) is 7.09. The summed E-state index contributed by atoms with van der Waals surface area (Å²) >= 11 is 0.989. The number of amides is 1. The average molecular weight is 374 g/mol. The zero-order valence-corrected chi connectivity index (χ0v) is 15.3. The molecule has 0 aliphatic rings.